The highest BCUT2D eigenvalue weighted by Crippen LogP contribution is 2.51. The van der Waals surface area contributed by atoms with Crippen LogP contribution in [0.5, 0.6) is 11.6 Å². The summed E-state index contributed by atoms with van der Waals surface area (Å²) in [6, 6.07) is 10.6. The number of hydrogen-bond donors (Lipinski definition) is 0. The van der Waals surface area contributed by atoms with Crippen LogP contribution in [0.2, 0.25) is 0 Å². The summed E-state index contributed by atoms with van der Waals surface area (Å²) in [7, 11) is 0. The molecule has 0 spiro atoms. The molecule has 0 saturated carbocycles. The van der Waals surface area contributed by atoms with Gasteiger partial charge in [-0.3, -0.25) is 4.90 Å². The van der Waals surface area contributed by atoms with E-state index in [1.54, 1.807) is 0 Å². The van der Waals surface area contributed by atoms with Crippen LogP contribution >= 0.6 is 0 Å². The fraction of sp³-hybridized carbons (Fsp3) is 0.333. The van der Waals surface area contributed by atoms with Gasteiger partial charge in [0.2, 0.25) is 5.88 Å². The zero-order valence-electron chi connectivity index (χ0n) is 17.7. The third-order valence-corrected chi connectivity index (χ3v) is 5.29. The Morgan fingerprint density at radius 2 is 1.57 bits per heavy atom. The van der Waals surface area contributed by atoms with Gasteiger partial charge in [-0.1, -0.05) is 32.9 Å². The summed E-state index contributed by atoms with van der Waals surface area (Å²) in [6.45, 7) is 15.1. The topological polar surface area (TPSA) is 38.3 Å². The van der Waals surface area contributed by atoms with Gasteiger partial charge in [0.1, 0.15) is 5.69 Å². The molecule has 0 unspecified atom stereocenters. The lowest BCUT2D eigenvalue weighted by Crippen LogP contribution is -2.21. The van der Waals surface area contributed by atoms with Crippen molar-refractivity contribution < 1.29 is 4.74 Å². The molecule has 0 fully saturated rings. The van der Waals surface area contributed by atoms with Gasteiger partial charge in [0.05, 0.1) is 5.69 Å². The predicted molar refractivity (Wildman–Crippen MR) is 114 cm³/mol. The average molecular weight is 374 g/mol. The normalized spacial score (nSPS) is 13.0. The summed E-state index contributed by atoms with van der Waals surface area (Å²) in [5, 5.41) is 0. The van der Waals surface area contributed by atoms with Gasteiger partial charge in [0.25, 0.3) is 0 Å². The van der Waals surface area contributed by atoms with E-state index in [9.17, 15) is 0 Å². The molecule has 0 atom stereocenters. The Kier molecular flexibility index (Phi) is 4.18. The lowest BCUT2D eigenvalue weighted by atomic mass is 9.84. The lowest BCUT2D eigenvalue weighted by molar-refractivity contribution is 0.450. The smallest absolute Gasteiger partial charge is 0.244 e. The first-order chi connectivity index (χ1) is 13.2. The Hall–Kier alpha value is -2.88. The maximum absolute atomic E-state index is 6.18. The molecular weight excluding hydrogens is 346 g/mol. The quantitative estimate of drug-likeness (QED) is 0.377. The van der Waals surface area contributed by atoms with Crippen LogP contribution in [0.3, 0.4) is 0 Å². The summed E-state index contributed by atoms with van der Waals surface area (Å²) < 4.78 is 6.18. The SMILES string of the molecule is Cc1ccc2c(n1)Oc1c(C)ccnc1N2c1c(C)cc(C(C)(C)C)cc1C. The van der Waals surface area contributed by atoms with Crippen molar-refractivity contribution in [3.63, 3.8) is 0 Å². The second-order valence-corrected chi connectivity index (χ2v) is 8.70. The summed E-state index contributed by atoms with van der Waals surface area (Å²) in [5.74, 6) is 2.21. The van der Waals surface area contributed by atoms with Gasteiger partial charge >= 0.3 is 0 Å². The lowest BCUT2D eigenvalue weighted by Gasteiger charge is -2.34. The van der Waals surface area contributed by atoms with Crippen molar-refractivity contribution in [3.8, 4) is 11.6 Å². The molecular formula is C24H27N3O. The van der Waals surface area contributed by atoms with Crippen molar-refractivity contribution in [2.45, 2.75) is 53.9 Å². The summed E-state index contributed by atoms with van der Waals surface area (Å²) >= 11 is 0. The molecule has 144 valence electrons. The molecule has 0 aliphatic carbocycles. The maximum atomic E-state index is 6.18. The van der Waals surface area contributed by atoms with E-state index in [-0.39, 0.29) is 5.41 Å². The minimum absolute atomic E-state index is 0.0996. The molecule has 3 heterocycles. The Morgan fingerprint density at radius 1 is 0.893 bits per heavy atom. The Labute approximate surface area is 167 Å². The third-order valence-electron chi connectivity index (χ3n) is 5.29. The van der Waals surface area contributed by atoms with Gasteiger partial charge in [-0.15, -0.1) is 0 Å². The molecule has 4 rings (SSSR count). The van der Waals surface area contributed by atoms with Crippen LogP contribution < -0.4 is 9.64 Å². The van der Waals surface area contributed by atoms with E-state index in [1.165, 1.54) is 16.7 Å². The number of nitrogens with zero attached hydrogens (tertiary/aromatic N) is 3. The minimum Gasteiger partial charge on any atom is -0.433 e. The number of aromatic nitrogens is 2. The maximum Gasteiger partial charge on any atom is 0.244 e. The van der Waals surface area contributed by atoms with Crippen LogP contribution in [0.1, 0.15) is 48.7 Å². The van der Waals surface area contributed by atoms with Gasteiger partial charge in [-0.05, 0) is 73.6 Å². The van der Waals surface area contributed by atoms with Crippen molar-refractivity contribution in [3.05, 3.63) is 64.5 Å². The number of pyridine rings is 2. The Balaban J connectivity index is 2.00. The predicted octanol–water partition coefficient (Wildman–Crippen LogP) is 6.58. The van der Waals surface area contributed by atoms with E-state index in [1.807, 2.05) is 32.2 Å². The van der Waals surface area contributed by atoms with Crippen LogP contribution in [0.25, 0.3) is 0 Å². The first-order valence-corrected chi connectivity index (χ1v) is 9.70. The van der Waals surface area contributed by atoms with Gasteiger partial charge < -0.3 is 4.74 Å². The molecule has 1 aromatic carbocycles. The van der Waals surface area contributed by atoms with Crippen LogP contribution in [-0.4, -0.2) is 9.97 Å². The van der Waals surface area contributed by atoms with Gasteiger partial charge in [-0.2, -0.15) is 0 Å². The van der Waals surface area contributed by atoms with E-state index < -0.39 is 0 Å². The number of fused-ring (bicyclic) bond motifs is 2. The van der Waals surface area contributed by atoms with Crippen LogP contribution in [0.4, 0.5) is 17.2 Å². The molecule has 1 aliphatic heterocycles. The Morgan fingerprint density at radius 3 is 2.21 bits per heavy atom. The molecule has 3 aromatic rings. The highest BCUT2D eigenvalue weighted by atomic mass is 16.5. The molecule has 2 aromatic heterocycles. The van der Waals surface area contributed by atoms with E-state index in [0.717, 1.165) is 34.2 Å². The molecule has 1 aliphatic rings. The van der Waals surface area contributed by atoms with Gasteiger partial charge in [0, 0.05) is 11.9 Å². The first-order valence-electron chi connectivity index (χ1n) is 9.70. The van der Waals surface area contributed by atoms with E-state index in [4.69, 9.17) is 4.74 Å². The van der Waals surface area contributed by atoms with E-state index in [2.05, 4.69) is 67.7 Å². The molecule has 4 heteroatoms. The number of benzene rings is 1. The van der Waals surface area contributed by atoms with Crippen LogP contribution in [0.15, 0.2) is 36.5 Å². The summed E-state index contributed by atoms with van der Waals surface area (Å²) in [4.78, 5) is 11.5. The third kappa shape index (κ3) is 2.93. The Bertz CT molecular complexity index is 1060. The number of ether oxygens (including phenoxy) is 1. The fourth-order valence-corrected chi connectivity index (χ4v) is 3.77. The zero-order valence-corrected chi connectivity index (χ0v) is 17.7. The molecule has 0 amide bonds. The monoisotopic (exact) mass is 373 g/mol. The van der Waals surface area contributed by atoms with Gasteiger partial charge in [0.15, 0.2) is 11.6 Å². The van der Waals surface area contributed by atoms with E-state index in [0.29, 0.717) is 5.88 Å². The molecule has 28 heavy (non-hydrogen) atoms. The second kappa shape index (κ2) is 6.33. The fourth-order valence-electron chi connectivity index (χ4n) is 3.77. The van der Waals surface area contributed by atoms with Gasteiger partial charge in [-0.25, -0.2) is 9.97 Å². The van der Waals surface area contributed by atoms with Crippen LogP contribution in [0, 0.1) is 27.7 Å². The molecule has 0 bridgehead atoms. The number of hydrogen-bond acceptors (Lipinski definition) is 4. The number of rotatable bonds is 1. The number of aryl methyl sites for hydroxylation is 4. The molecule has 0 radical (unpaired) electrons. The standard InChI is InChI=1S/C24H27N3O/c1-14-10-11-25-22-21(14)28-23-19(9-8-17(4)26-23)27(22)20-15(2)12-18(13-16(20)3)24(5,6)7/h8-13H,1-7H3. The summed E-state index contributed by atoms with van der Waals surface area (Å²) in [6.07, 6.45) is 1.84. The second-order valence-electron chi connectivity index (χ2n) is 8.70. The highest BCUT2D eigenvalue weighted by Gasteiger charge is 2.31. The van der Waals surface area contributed by atoms with Crippen molar-refractivity contribution in [2.75, 3.05) is 4.90 Å². The van der Waals surface area contributed by atoms with Crippen molar-refractivity contribution in [1.29, 1.82) is 0 Å². The van der Waals surface area contributed by atoms with E-state index >= 15 is 0 Å². The zero-order chi connectivity index (χ0) is 20.2. The van der Waals surface area contributed by atoms with Crippen molar-refractivity contribution >= 4 is 17.2 Å². The highest BCUT2D eigenvalue weighted by molar-refractivity contribution is 5.86. The van der Waals surface area contributed by atoms with Crippen molar-refractivity contribution in [1.82, 2.24) is 9.97 Å². The summed E-state index contributed by atoms with van der Waals surface area (Å²) in [5.41, 5.74) is 7.90. The number of anilines is 3. The molecule has 0 saturated heterocycles. The average Bonchev–Trinajstić information content (AvgIpc) is 2.60. The first kappa shape index (κ1) is 18.5. The minimum atomic E-state index is 0.0996. The van der Waals surface area contributed by atoms with Crippen LogP contribution in [-0.2, 0) is 5.41 Å². The van der Waals surface area contributed by atoms with Crippen molar-refractivity contribution in [2.24, 2.45) is 0 Å². The largest absolute Gasteiger partial charge is 0.433 e. The molecule has 0 N–H and O–H groups in total. The molecule has 4 nitrogen and oxygen atoms in total.